The highest BCUT2D eigenvalue weighted by Crippen LogP contribution is 2.30. The molecule has 0 amide bonds. The van der Waals surface area contributed by atoms with E-state index in [2.05, 4.69) is 20.3 Å². The Morgan fingerprint density at radius 3 is 2.59 bits per heavy atom. The summed E-state index contributed by atoms with van der Waals surface area (Å²) in [6.07, 6.45) is -1.43. The van der Waals surface area contributed by atoms with E-state index in [1.807, 2.05) is 29.8 Å². The molecule has 0 saturated carbocycles. The molecule has 0 aliphatic heterocycles. The summed E-state index contributed by atoms with van der Waals surface area (Å²) in [7, 11) is 1.88. The van der Waals surface area contributed by atoms with Gasteiger partial charge in [0, 0.05) is 19.0 Å². The molecule has 0 N–H and O–H groups in total. The van der Waals surface area contributed by atoms with Crippen molar-refractivity contribution in [1.29, 1.82) is 0 Å². The van der Waals surface area contributed by atoms with E-state index in [1.54, 1.807) is 12.4 Å². The summed E-state index contributed by atoms with van der Waals surface area (Å²) in [5.41, 5.74) is 0.995. The fourth-order valence-corrected chi connectivity index (χ4v) is 2.90. The summed E-state index contributed by atoms with van der Waals surface area (Å²) < 4.78 is 42.2. The number of benzene rings is 1. The second kappa shape index (κ2) is 6.49. The standard InChI is InChI=1S/C18H15F3N6/c1-26-11-22-24-16(26)9-8-12-4-2-5-13(10-12)17-23-15-7-3-6-14(18(19,20)21)27(15)25-17/h2-7,10-11H,8-9H2,1H3. The van der Waals surface area contributed by atoms with E-state index in [0.29, 0.717) is 12.0 Å². The highest BCUT2D eigenvalue weighted by Gasteiger charge is 2.34. The molecule has 138 valence electrons. The molecule has 0 aliphatic rings. The molecule has 0 fully saturated rings. The Balaban J connectivity index is 1.65. The molecule has 0 radical (unpaired) electrons. The first-order chi connectivity index (χ1) is 12.9. The lowest BCUT2D eigenvalue weighted by atomic mass is 10.1. The smallest absolute Gasteiger partial charge is 0.321 e. The molecule has 0 atom stereocenters. The number of hydrogen-bond acceptors (Lipinski definition) is 4. The first kappa shape index (κ1) is 17.2. The number of aryl methyl sites for hydroxylation is 3. The molecule has 0 spiro atoms. The number of nitrogens with zero attached hydrogens (tertiary/aromatic N) is 6. The number of fused-ring (bicyclic) bond motifs is 1. The van der Waals surface area contributed by atoms with Gasteiger partial charge in [-0.3, -0.25) is 0 Å². The van der Waals surface area contributed by atoms with Crippen LogP contribution in [0.2, 0.25) is 0 Å². The lowest BCUT2D eigenvalue weighted by molar-refractivity contribution is -0.142. The van der Waals surface area contributed by atoms with Crippen LogP contribution in [0.4, 0.5) is 13.2 Å². The Morgan fingerprint density at radius 2 is 1.85 bits per heavy atom. The molecule has 1 aromatic carbocycles. The van der Waals surface area contributed by atoms with Crippen molar-refractivity contribution >= 4 is 5.65 Å². The van der Waals surface area contributed by atoms with E-state index in [0.717, 1.165) is 28.4 Å². The molecule has 9 heteroatoms. The van der Waals surface area contributed by atoms with Crippen molar-refractivity contribution < 1.29 is 13.2 Å². The fraction of sp³-hybridized carbons (Fsp3) is 0.222. The van der Waals surface area contributed by atoms with Crippen LogP contribution in [0.25, 0.3) is 17.0 Å². The van der Waals surface area contributed by atoms with Gasteiger partial charge in [-0.1, -0.05) is 24.3 Å². The van der Waals surface area contributed by atoms with Crippen molar-refractivity contribution in [3.8, 4) is 11.4 Å². The zero-order valence-corrected chi connectivity index (χ0v) is 14.4. The average molecular weight is 372 g/mol. The van der Waals surface area contributed by atoms with E-state index in [1.165, 1.54) is 12.1 Å². The number of rotatable bonds is 4. The van der Waals surface area contributed by atoms with Gasteiger partial charge in [-0.15, -0.1) is 15.3 Å². The van der Waals surface area contributed by atoms with Gasteiger partial charge in [-0.2, -0.15) is 13.2 Å². The summed E-state index contributed by atoms with van der Waals surface area (Å²) in [6, 6.07) is 11.3. The van der Waals surface area contributed by atoms with E-state index in [9.17, 15) is 13.2 Å². The third kappa shape index (κ3) is 3.40. The minimum atomic E-state index is -4.50. The average Bonchev–Trinajstić information content (AvgIpc) is 3.25. The summed E-state index contributed by atoms with van der Waals surface area (Å²) in [5, 5.41) is 12.0. The van der Waals surface area contributed by atoms with Crippen LogP contribution in [0.3, 0.4) is 0 Å². The van der Waals surface area contributed by atoms with Gasteiger partial charge < -0.3 is 4.57 Å². The van der Waals surface area contributed by atoms with Gasteiger partial charge in [0.05, 0.1) is 0 Å². The van der Waals surface area contributed by atoms with Crippen LogP contribution in [0, 0.1) is 0 Å². The Bertz CT molecular complexity index is 1100. The molecule has 0 saturated heterocycles. The van der Waals surface area contributed by atoms with E-state index in [4.69, 9.17) is 0 Å². The molecular weight excluding hydrogens is 357 g/mol. The zero-order valence-electron chi connectivity index (χ0n) is 14.4. The van der Waals surface area contributed by atoms with Gasteiger partial charge in [0.1, 0.15) is 17.8 Å². The van der Waals surface area contributed by atoms with Gasteiger partial charge in [0.15, 0.2) is 11.5 Å². The molecular formula is C18H15F3N6. The normalized spacial score (nSPS) is 12.0. The first-order valence-corrected chi connectivity index (χ1v) is 8.27. The van der Waals surface area contributed by atoms with Crippen molar-refractivity contribution in [1.82, 2.24) is 29.4 Å². The second-order valence-electron chi connectivity index (χ2n) is 6.17. The largest absolute Gasteiger partial charge is 0.433 e. The van der Waals surface area contributed by atoms with Gasteiger partial charge in [0.2, 0.25) is 0 Å². The summed E-state index contributed by atoms with van der Waals surface area (Å²) in [6.45, 7) is 0. The minimum Gasteiger partial charge on any atom is -0.321 e. The van der Waals surface area contributed by atoms with Crippen LogP contribution in [0.15, 0.2) is 48.8 Å². The molecule has 0 unspecified atom stereocenters. The Morgan fingerprint density at radius 1 is 1.04 bits per heavy atom. The molecule has 0 bridgehead atoms. The third-order valence-electron chi connectivity index (χ3n) is 4.28. The van der Waals surface area contributed by atoms with Crippen LogP contribution in [0.1, 0.15) is 17.1 Å². The second-order valence-corrected chi connectivity index (χ2v) is 6.17. The molecule has 4 rings (SSSR count). The number of hydrogen-bond donors (Lipinski definition) is 0. The first-order valence-electron chi connectivity index (χ1n) is 8.27. The lowest BCUT2D eigenvalue weighted by Gasteiger charge is -2.07. The van der Waals surface area contributed by atoms with Crippen molar-refractivity contribution in [3.63, 3.8) is 0 Å². The number of alkyl halides is 3. The number of halogens is 3. The third-order valence-corrected chi connectivity index (χ3v) is 4.28. The Labute approximate surface area is 152 Å². The highest BCUT2D eigenvalue weighted by molar-refractivity contribution is 5.59. The monoisotopic (exact) mass is 372 g/mol. The maximum Gasteiger partial charge on any atom is 0.433 e. The molecule has 0 aliphatic carbocycles. The van der Waals surface area contributed by atoms with Gasteiger partial charge >= 0.3 is 6.18 Å². The predicted molar refractivity (Wildman–Crippen MR) is 91.8 cm³/mol. The highest BCUT2D eigenvalue weighted by atomic mass is 19.4. The van der Waals surface area contributed by atoms with Crippen LogP contribution in [0.5, 0.6) is 0 Å². The molecule has 6 nitrogen and oxygen atoms in total. The van der Waals surface area contributed by atoms with E-state index in [-0.39, 0.29) is 11.5 Å². The Hall–Kier alpha value is -3.23. The number of aromatic nitrogens is 6. The van der Waals surface area contributed by atoms with Crippen molar-refractivity contribution in [3.05, 3.63) is 65.9 Å². The van der Waals surface area contributed by atoms with Crippen LogP contribution in [-0.4, -0.2) is 29.4 Å². The Kier molecular flexibility index (Phi) is 4.14. The van der Waals surface area contributed by atoms with Gasteiger partial charge in [-0.25, -0.2) is 9.50 Å². The van der Waals surface area contributed by atoms with E-state index >= 15 is 0 Å². The van der Waals surface area contributed by atoms with E-state index < -0.39 is 11.9 Å². The summed E-state index contributed by atoms with van der Waals surface area (Å²) >= 11 is 0. The number of pyridine rings is 1. The SMILES string of the molecule is Cn1cnnc1CCc1cccc(-c2nc3cccc(C(F)(F)F)n3n2)c1. The summed E-state index contributed by atoms with van der Waals surface area (Å²) in [5.74, 6) is 1.12. The maximum absolute atomic E-state index is 13.2. The van der Waals surface area contributed by atoms with Gasteiger partial charge in [0.25, 0.3) is 0 Å². The van der Waals surface area contributed by atoms with Crippen molar-refractivity contribution in [2.24, 2.45) is 7.05 Å². The summed E-state index contributed by atoms with van der Waals surface area (Å²) in [4.78, 5) is 4.25. The molecule has 3 heterocycles. The lowest BCUT2D eigenvalue weighted by Crippen LogP contribution is -2.12. The topological polar surface area (TPSA) is 60.9 Å². The fourth-order valence-electron chi connectivity index (χ4n) is 2.90. The van der Waals surface area contributed by atoms with Crippen LogP contribution in [-0.2, 0) is 26.1 Å². The predicted octanol–water partition coefficient (Wildman–Crippen LogP) is 3.33. The van der Waals surface area contributed by atoms with Gasteiger partial charge in [-0.05, 0) is 30.2 Å². The van der Waals surface area contributed by atoms with Crippen LogP contribution >= 0.6 is 0 Å². The quantitative estimate of drug-likeness (QED) is 0.551. The minimum absolute atomic E-state index is 0.157. The molecule has 4 aromatic rings. The molecule has 3 aromatic heterocycles. The van der Waals surface area contributed by atoms with Crippen molar-refractivity contribution in [2.75, 3.05) is 0 Å². The zero-order chi connectivity index (χ0) is 19.0. The van der Waals surface area contributed by atoms with Crippen molar-refractivity contribution in [2.45, 2.75) is 19.0 Å². The maximum atomic E-state index is 13.2. The molecule has 27 heavy (non-hydrogen) atoms. The van der Waals surface area contributed by atoms with Crippen LogP contribution < -0.4 is 0 Å².